The smallest absolute Gasteiger partial charge is 0.172 e. The summed E-state index contributed by atoms with van der Waals surface area (Å²) in [7, 11) is 0. The summed E-state index contributed by atoms with van der Waals surface area (Å²) < 4.78 is 2.33. The lowest BCUT2D eigenvalue weighted by Gasteiger charge is -2.15. The van der Waals surface area contributed by atoms with Crippen LogP contribution in [0.15, 0.2) is 24.5 Å². The molecule has 0 aromatic carbocycles. The molecule has 1 heterocycles. The standard InChI is InChI=1S/C14H22N/c1-14(2,3)15-10-6-9-13(11-15)12-7-4-5-8-12/h6,9-12H,4-5,7-8H2,1-3H3/q+1. The first kappa shape index (κ1) is 10.7. The van der Waals surface area contributed by atoms with Crippen LogP contribution in [0, 0.1) is 0 Å². The van der Waals surface area contributed by atoms with Crippen molar-refractivity contribution in [3.05, 3.63) is 30.1 Å². The highest BCUT2D eigenvalue weighted by Crippen LogP contribution is 2.33. The van der Waals surface area contributed by atoms with Gasteiger partial charge in [-0.25, -0.2) is 4.57 Å². The van der Waals surface area contributed by atoms with Crippen molar-refractivity contribution in [2.75, 3.05) is 0 Å². The third-order valence-corrected chi connectivity index (χ3v) is 3.42. The lowest BCUT2D eigenvalue weighted by molar-refractivity contribution is -0.754. The second-order valence-electron chi connectivity index (χ2n) is 5.70. The lowest BCUT2D eigenvalue weighted by atomic mass is 9.98. The summed E-state index contributed by atoms with van der Waals surface area (Å²) in [5, 5.41) is 0. The Labute approximate surface area is 93.1 Å². The fourth-order valence-electron chi connectivity index (χ4n) is 2.41. The SMILES string of the molecule is CC(C)(C)[n+]1cccc(C2CCCC2)c1. The van der Waals surface area contributed by atoms with E-state index in [-0.39, 0.29) is 5.54 Å². The van der Waals surface area contributed by atoms with Crippen LogP contribution in [0.25, 0.3) is 0 Å². The van der Waals surface area contributed by atoms with Crippen molar-refractivity contribution >= 4 is 0 Å². The molecule has 0 bridgehead atoms. The predicted octanol–water partition coefficient (Wildman–Crippen LogP) is 3.39. The average molecular weight is 204 g/mol. The number of nitrogens with zero attached hydrogens (tertiary/aromatic N) is 1. The summed E-state index contributed by atoms with van der Waals surface area (Å²) in [5.41, 5.74) is 1.74. The Balaban J connectivity index is 2.26. The van der Waals surface area contributed by atoms with Crippen LogP contribution in [0.2, 0.25) is 0 Å². The van der Waals surface area contributed by atoms with Gasteiger partial charge in [0.1, 0.15) is 0 Å². The van der Waals surface area contributed by atoms with Gasteiger partial charge in [-0.3, -0.25) is 0 Å². The summed E-state index contributed by atoms with van der Waals surface area (Å²) in [5.74, 6) is 0.819. The molecule has 82 valence electrons. The Morgan fingerprint density at radius 2 is 1.87 bits per heavy atom. The van der Waals surface area contributed by atoms with Crippen molar-refractivity contribution in [1.82, 2.24) is 0 Å². The maximum Gasteiger partial charge on any atom is 0.172 e. The fraction of sp³-hybridized carbons (Fsp3) is 0.643. The summed E-state index contributed by atoms with van der Waals surface area (Å²) in [6.45, 7) is 6.77. The van der Waals surface area contributed by atoms with Crippen LogP contribution in [0.3, 0.4) is 0 Å². The lowest BCUT2D eigenvalue weighted by Crippen LogP contribution is -2.49. The molecule has 1 nitrogen and oxygen atoms in total. The quantitative estimate of drug-likeness (QED) is 0.617. The Kier molecular flexibility index (Phi) is 2.81. The molecule has 0 radical (unpaired) electrons. The van der Waals surface area contributed by atoms with Crippen LogP contribution in [-0.4, -0.2) is 0 Å². The number of hydrogen-bond donors (Lipinski definition) is 0. The predicted molar refractivity (Wildman–Crippen MR) is 62.8 cm³/mol. The van der Waals surface area contributed by atoms with Gasteiger partial charge < -0.3 is 0 Å². The Hall–Kier alpha value is -0.850. The van der Waals surface area contributed by atoms with Crippen molar-refractivity contribution in [2.45, 2.75) is 57.9 Å². The van der Waals surface area contributed by atoms with Crippen LogP contribution in [0.4, 0.5) is 0 Å². The minimum Gasteiger partial charge on any atom is -0.200 e. The van der Waals surface area contributed by atoms with Crippen LogP contribution >= 0.6 is 0 Å². The Bertz CT molecular complexity index is 329. The van der Waals surface area contributed by atoms with Gasteiger partial charge in [0.2, 0.25) is 0 Å². The molecule has 1 saturated carbocycles. The van der Waals surface area contributed by atoms with Crippen LogP contribution in [0.1, 0.15) is 57.9 Å². The van der Waals surface area contributed by atoms with Crippen molar-refractivity contribution in [3.8, 4) is 0 Å². The largest absolute Gasteiger partial charge is 0.200 e. The highest BCUT2D eigenvalue weighted by atomic mass is 15.0. The van der Waals surface area contributed by atoms with E-state index in [9.17, 15) is 0 Å². The van der Waals surface area contributed by atoms with Gasteiger partial charge in [0.25, 0.3) is 0 Å². The normalized spacial score (nSPS) is 18.3. The van der Waals surface area contributed by atoms with Crippen LogP contribution < -0.4 is 4.57 Å². The van der Waals surface area contributed by atoms with Crippen LogP contribution in [0.5, 0.6) is 0 Å². The van der Waals surface area contributed by atoms with E-state index in [1.165, 1.54) is 31.2 Å². The van der Waals surface area contributed by atoms with E-state index in [4.69, 9.17) is 0 Å². The summed E-state index contributed by atoms with van der Waals surface area (Å²) in [6, 6.07) is 4.48. The number of rotatable bonds is 1. The molecule has 0 N–H and O–H groups in total. The van der Waals surface area contributed by atoms with Gasteiger partial charge >= 0.3 is 0 Å². The molecule has 1 aromatic rings. The molecular weight excluding hydrogens is 182 g/mol. The molecule has 2 rings (SSSR count). The topological polar surface area (TPSA) is 3.88 Å². The summed E-state index contributed by atoms with van der Waals surface area (Å²) in [4.78, 5) is 0. The maximum atomic E-state index is 2.34. The van der Waals surface area contributed by atoms with Crippen molar-refractivity contribution in [1.29, 1.82) is 0 Å². The van der Waals surface area contributed by atoms with Crippen molar-refractivity contribution < 1.29 is 4.57 Å². The second kappa shape index (κ2) is 3.96. The molecule has 1 heteroatoms. The summed E-state index contributed by atoms with van der Waals surface area (Å²) in [6.07, 6.45) is 10.1. The third-order valence-electron chi connectivity index (χ3n) is 3.42. The van der Waals surface area contributed by atoms with Gasteiger partial charge in [-0.2, -0.15) is 0 Å². The van der Waals surface area contributed by atoms with E-state index in [0.717, 1.165) is 5.92 Å². The number of hydrogen-bond acceptors (Lipinski definition) is 0. The molecule has 0 unspecified atom stereocenters. The molecule has 15 heavy (non-hydrogen) atoms. The third kappa shape index (κ3) is 2.39. The highest BCUT2D eigenvalue weighted by Gasteiger charge is 2.24. The van der Waals surface area contributed by atoms with Gasteiger partial charge in [0.05, 0.1) is 0 Å². The van der Waals surface area contributed by atoms with Gasteiger partial charge in [-0.15, -0.1) is 0 Å². The monoisotopic (exact) mass is 204 g/mol. The van der Waals surface area contributed by atoms with Gasteiger partial charge in [0, 0.05) is 32.4 Å². The van der Waals surface area contributed by atoms with E-state index in [0.29, 0.717) is 0 Å². The van der Waals surface area contributed by atoms with Crippen LogP contribution in [-0.2, 0) is 5.54 Å². The number of pyridine rings is 1. The van der Waals surface area contributed by atoms with E-state index in [1.807, 2.05) is 0 Å². The van der Waals surface area contributed by atoms with E-state index in [2.05, 4.69) is 49.9 Å². The Morgan fingerprint density at radius 1 is 1.20 bits per heavy atom. The van der Waals surface area contributed by atoms with Gasteiger partial charge in [-0.1, -0.05) is 12.8 Å². The molecule has 0 amide bonds. The zero-order valence-electron chi connectivity index (χ0n) is 10.2. The molecule has 0 aliphatic heterocycles. The molecule has 1 aliphatic carbocycles. The minimum atomic E-state index is 0.203. The minimum absolute atomic E-state index is 0.203. The van der Waals surface area contributed by atoms with Crippen molar-refractivity contribution in [3.63, 3.8) is 0 Å². The van der Waals surface area contributed by atoms with E-state index >= 15 is 0 Å². The first-order valence-electron chi connectivity index (χ1n) is 6.09. The average Bonchev–Trinajstić information content (AvgIpc) is 2.69. The molecule has 0 saturated heterocycles. The first-order valence-corrected chi connectivity index (χ1v) is 6.09. The zero-order valence-corrected chi connectivity index (χ0v) is 10.2. The van der Waals surface area contributed by atoms with Crippen molar-refractivity contribution in [2.24, 2.45) is 0 Å². The van der Waals surface area contributed by atoms with Gasteiger partial charge in [0.15, 0.2) is 17.9 Å². The highest BCUT2D eigenvalue weighted by molar-refractivity contribution is 5.13. The fourth-order valence-corrected chi connectivity index (χ4v) is 2.41. The maximum absolute atomic E-state index is 2.34. The molecule has 0 spiro atoms. The Morgan fingerprint density at radius 3 is 2.47 bits per heavy atom. The zero-order chi connectivity index (χ0) is 10.9. The van der Waals surface area contributed by atoms with E-state index in [1.54, 1.807) is 0 Å². The second-order valence-corrected chi connectivity index (χ2v) is 5.70. The van der Waals surface area contributed by atoms with E-state index < -0.39 is 0 Å². The summed E-state index contributed by atoms with van der Waals surface area (Å²) >= 11 is 0. The van der Waals surface area contributed by atoms with Gasteiger partial charge in [-0.05, 0) is 24.8 Å². The number of aromatic nitrogens is 1. The first-order chi connectivity index (χ1) is 7.07. The molecule has 1 fully saturated rings. The molecule has 1 aromatic heterocycles. The molecular formula is C14H22N+. The molecule has 1 aliphatic rings. The molecule has 0 atom stereocenters.